The number of alkyl halides is 3. The van der Waals surface area contributed by atoms with Crippen LogP contribution < -0.4 is 5.32 Å². The van der Waals surface area contributed by atoms with Crippen molar-refractivity contribution in [1.82, 2.24) is 4.90 Å². The minimum Gasteiger partial charge on any atom is -0.339 e. The predicted molar refractivity (Wildman–Crippen MR) is 105 cm³/mol. The van der Waals surface area contributed by atoms with Crippen molar-refractivity contribution in [1.29, 1.82) is 0 Å². The van der Waals surface area contributed by atoms with Crippen molar-refractivity contribution >= 4 is 40.7 Å². The highest BCUT2D eigenvalue weighted by Crippen LogP contribution is 2.31. The van der Waals surface area contributed by atoms with Crippen molar-refractivity contribution in [3.63, 3.8) is 0 Å². The van der Waals surface area contributed by atoms with Gasteiger partial charge in [0.25, 0.3) is 5.91 Å². The van der Waals surface area contributed by atoms with Crippen molar-refractivity contribution in [2.45, 2.75) is 19.0 Å². The van der Waals surface area contributed by atoms with Crippen molar-refractivity contribution in [2.75, 3.05) is 18.4 Å². The number of hydrogen-bond acceptors (Lipinski definition) is 2. The van der Waals surface area contributed by atoms with Crippen LogP contribution in [0.25, 0.3) is 0 Å². The van der Waals surface area contributed by atoms with E-state index in [-0.39, 0.29) is 28.3 Å². The highest BCUT2D eigenvalue weighted by molar-refractivity contribution is 6.44. The number of rotatable bonds is 3. The van der Waals surface area contributed by atoms with Gasteiger partial charge in [0.2, 0.25) is 5.91 Å². The number of halogens is 5. The summed E-state index contributed by atoms with van der Waals surface area (Å²) in [5.74, 6) is -0.868. The van der Waals surface area contributed by atoms with Gasteiger partial charge < -0.3 is 10.2 Å². The molecule has 2 aromatic carbocycles. The molecule has 0 atom stereocenters. The van der Waals surface area contributed by atoms with E-state index in [0.29, 0.717) is 36.6 Å². The molecule has 1 heterocycles. The summed E-state index contributed by atoms with van der Waals surface area (Å²) in [5, 5.41) is 3.35. The van der Waals surface area contributed by atoms with Gasteiger partial charge in [0.05, 0.1) is 21.3 Å². The molecule has 1 saturated heterocycles. The molecule has 1 fully saturated rings. The van der Waals surface area contributed by atoms with E-state index in [1.54, 1.807) is 23.1 Å². The van der Waals surface area contributed by atoms with Gasteiger partial charge in [-0.3, -0.25) is 9.59 Å². The average Bonchev–Trinajstić information content (AvgIpc) is 2.70. The minimum atomic E-state index is -4.45. The molecule has 29 heavy (non-hydrogen) atoms. The van der Waals surface area contributed by atoms with Crippen LogP contribution in [-0.2, 0) is 11.0 Å². The van der Waals surface area contributed by atoms with Crippen LogP contribution in [0.15, 0.2) is 42.5 Å². The maximum Gasteiger partial charge on any atom is 0.416 e. The summed E-state index contributed by atoms with van der Waals surface area (Å²) in [6.45, 7) is 0.669. The summed E-state index contributed by atoms with van der Waals surface area (Å²) in [7, 11) is 0. The van der Waals surface area contributed by atoms with Gasteiger partial charge in [0.15, 0.2) is 0 Å². The molecule has 1 aliphatic heterocycles. The first-order chi connectivity index (χ1) is 13.7. The summed E-state index contributed by atoms with van der Waals surface area (Å²) in [5.41, 5.74) is -0.192. The van der Waals surface area contributed by atoms with Gasteiger partial charge in [-0.2, -0.15) is 13.2 Å². The molecule has 0 saturated carbocycles. The van der Waals surface area contributed by atoms with Gasteiger partial charge in [-0.05, 0) is 49.2 Å². The van der Waals surface area contributed by atoms with Crippen LogP contribution in [0.3, 0.4) is 0 Å². The number of hydrogen-bond donors (Lipinski definition) is 1. The molecule has 3 rings (SSSR count). The van der Waals surface area contributed by atoms with Gasteiger partial charge in [0, 0.05) is 24.6 Å². The van der Waals surface area contributed by atoms with E-state index in [0.717, 1.165) is 12.1 Å². The van der Waals surface area contributed by atoms with Crippen molar-refractivity contribution in [3.05, 3.63) is 63.6 Å². The first-order valence-corrected chi connectivity index (χ1v) is 9.64. The Morgan fingerprint density at radius 2 is 1.62 bits per heavy atom. The van der Waals surface area contributed by atoms with Crippen LogP contribution in [0.1, 0.15) is 28.8 Å². The highest BCUT2D eigenvalue weighted by atomic mass is 35.5. The van der Waals surface area contributed by atoms with Gasteiger partial charge in [-0.1, -0.05) is 29.3 Å². The first-order valence-electron chi connectivity index (χ1n) is 8.88. The lowest BCUT2D eigenvalue weighted by molar-refractivity contribution is -0.137. The van der Waals surface area contributed by atoms with E-state index >= 15 is 0 Å². The lowest BCUT2D eigenvalue weighted by atomic mass is 9.95. The van der Waals surface area contributed by atoms with Crippen LogP contribution in [0.5, 0.6) is 0 Å². The maximum absolute atomic E-state index is 12.6. The zero-order valence-corrected chi connectivity index (χ0v) is 16.6. The quantitative estimate of drug-likeness (QED) is 0.678. The Balaban J connectivity index is 1.57. The van der Waals surface area contributed by atoms with E-state index < -0.39 is 11.7 Å². The van der Waals surface area contributed by atoms with Crippen molar-refractivity contribution < 1.29 is 22.8 Å². The fourth-order valence-electron chi connectivity index (χ4n) is 3.16. The smallest absolute Gasteiger partial charge is 0.339 e. The van der Waals surface area contributed by atoms with Crippen LogP contribution >= 0.6 is 23.2 Å². The summed E-state index contributed by atoms with van der Waals surface area (Å²) in [6.07, 6.45) is -3.56. The Kier molecular flexibility index (Phi) is 6.39. The fraction of sp³-hybridized carbons (Fsp3) is 0.300. The first kappa shape index (κ1) is 21.5. The molecule has 154 valence electrons. The lowest BCUT2D eigenvalue weighted by Crippen LogP contribution is -2.41. The molecule has 0 spiro atoms. The molecular weight excluding hydrogens is 428 g/mol. The van der Waals surface area contributed by atoms with Crippen LogP contribution in [0.2, 0.25) is 10.0 Å². The molecule has 2 amide bonds. The standard InChI is InChI=1S/C20H17Cl2F3N2O2/c21-15-2-1-3-16(17(15)22)26-18(28)12-8-10-27(11-9-12)19(29)13-4-6-14(7-5-13)20(23,24)25/h1-7,12H,8-11H2,(H,26,28). The monoisotopic (exact) mass is 444 g/mol. The Hall–Kier alpha value is -2.25. The molecule has 2 aromatic rings. The van der Waals surface area contributed by atoms with Gasteiger partial charge in [-0.15, -0.1) is 0 Å². The predicted octanol–water partition coefficient (Wildman–Crippen LogP) is 5.50. The zero-order valence-electron chi connectivity index (χ0n) is 15.1. The third-order valence-corrected chi connectivity index (χ3v) is 5.64. The lowest BCUT2D eigenvalue weighted by Gasteiger charge is -2.31. The topological polar surface area (TPSA) is 49.4 Å². The average molecular weight is 445 g/mol. The third-order valence-electron chi connectivity index (χ3n) is 4.82. The summed E-state index contributed by atoms with van der Waals surface area (Å²) >= 11 is 12.0. The van der Waals surface area contributed by atoms with Crippen molar-refractivity contribution in [2.24, 2.45) is 5.92 Å². The molecule has 0 aromatic heterocycles. The zero-order chi connectivity index (χ0) is 21.2. The fourth-order valence-corrected chi connectivity index (χ4v) is 3.51. The number of likely N-dealkylation sites (tertiary alicyclic amines) is 1. The molecule has 1 aliphatic rings. The van der Waals surface area contributed by atoms with Crippen LogP contribution in [0.4, 0.5) is 18.9 Å². The van der Waals surface area contributed by atoms with E-state index in [9.17, 15) is 22.8 Å². The number of nitrogens with zero attached hydrogens (tertiary/aromatic N) is 1. The Labute approximate surface area is 175 Å². The van der Waals surface area contributed by atoms with Gasteiger partial charge in [0.1, 0.15) is 0 Å². The SMILES string of the molecule is O=C(Nc1cccc(Cl)c1Cl)C1CCN(C(=O)c2ccc(C(F)(F)F)cc2)CC1. The number of amides is 2. The number of carbonyl (C=O) groups is 2. The van der Waals surface area contributed by atoms with E-state index in [4.69, 9.17) is 23.2 Å². The molecule has 0 bridgehead atoms. The Morgan fingerprint density at radius 1 is 1.00 bits per heavy atom. The molecular formula is C20H17Cl2F3N2O2. The molecule has 0 unspecified atom stereocenters. The van der Waals surface area contributed by atoms with Crippen LogP contribution in [-0.4, -0.2) is 29.8 Å². The molecule has 9 heteroatoms. The second kappa shape index (κ2) is 8.63. The van der Waals surface area contributed by atoms with E-state index in [2.05, 4.69) is 5.32 Å². The number of piperidine rings is 1. The molecule has 4 nitrogen and oxygen atoms in total. The maximum atomic E-state index is 12.6. The van der Waals surface area contributed by atoms with Gasteiger partial charge in [-0.25, -0.2) is 0 Å². The van der Waals surface area contributed by atoms with Crippen LogP contribution in [0, 0.1) is 5.92 Å². The summed E-state index contributed by atoms with van der Waals surface area (Å²) < 4.78 is 37.9. The Morgan fingerprint density at radius 3 is 2.21 bits per heavy atom. The number of benzene rings is 2. The largest absolute Gasteiger partial charge is 0.416 e. The molecule has 0 radical (unpaired) electrons. The second-order valence-electron chi connectivity index (χ2n) is 6.73. The molecule has 1 N–H and O–H groups in total. The third kappa shape index (κ3) is 5.03. The number of anilines is 1. The highest BCUT2D eigenvalue weighted by Gasteiger charge is 2.31. The van der Waals surface area contributed by atoms with Crippen molar-refractivity contribution in [3.8, 4) is 0 Å². The number of nitrogens with one attached hydrogen (secondary N) is 1. The minimum absolute atomic E-state index is 0.187. The van der Waals surface area contributed by atoms with E-state index in [1.807, 2.05) is 0 Å². The van der Waals surface area contributed by atoms with Gasteiger partial charge >= 0.3 is 6.18 Å². The normalized spacial score (nSPS) is 15.3. The molecule has 0 aliphatic carbocycles. The number of carbonyl (C=O) groups excluding carboxylic acids is 2. The van der Waals surface area contributed by atoms with E-state index in [1.165, 1.54) is 12.1 Å². The summed E-state index contributed by atoms with van der Waals surface area (Å²) in [4.78, 5) is 26.5. The Bertz CT molecular complexity index is 909. The second-order valence-corrected chi connectivity index (χ2v) is 7.52. The summed E-state index contributed by atoms with van der Waals surface area (Å²) in [6, 6.07) is 9.07.